The highest BCUT2D eigenvalue weighted by Crippen LogP contribution is 2.18. The van der Waals surface area contributed by atoms with E-state index < -0.39 is 12.8 Å². The van der Waals surface area contributed by atoms with Crippen molar-refractivity contribution in [1.82, 2.24) is 10.6 Å². The summed E-state index contributed by atoms with van der Waals surface area (Å²) in [7, 11) is 1.67. The molecule has 0 aromatic heterocycles. The predicted molar refractivity (Wildman–Crippen MR) is 112 cm³/mol. The van der Waals surface area contributed by atoms with Gasteiger partial charge >= 0.3 is 6.18 Å². The third-order valence-electron chi connectivity index (χ3n) is 3.39. The van der Waals surface area contributed by atoms with Gasteiger partial charge in [0.15, 0.2) is 12.6 Å². The molecule has 0 aliphatic rings. The zero-order chi connectivity index (χ0) is 19.4. The van der Waals surface area contributed by atoms with Crippen LogP contribution in [-0.2, 0) is 11.3 Å². The summed E-state index contributed by atoms with van der Waals surface area (Å²) in [6.45, 7) is 5.49. The second kappa shape index (κ2) is 13.9. The Morgan fingerprint density at radius 2 is 1.78 bits per heavy atom. The number of alkyl halides is 3. The van der Waals surface area contributed by atoms with E-state index in [-0.39, 0.29) is 29.7 Å². The maximum Gasteiger partial charge on any atom is 0.422 e. The molecule has 0 aliphatic heterocycles. The van der Waals surface area contributed by atoms with E-state index in [2.05, 4.69) is 34.2 Å². The van der Waals surface area contributed by atoms with E-state index in [1.807, 2.05) is 0 Å². The number of aliphatic imine (C=N–C) groups is 1. The molecule has 156 valence electrons. The molecule has 0 fully saturated rings. The van der Waals surface area contributed by atoms with Crippen LogP contribution in [0, 0.1) is 5.92 Å². The minimum Gasteiger partial charge on any atom is -0.484 e. The number of rotatable bonds is 10. The molecule has 0 heterocycles. The first kappa shape index (κ1) is 25.8. The lowest BCUT2D eigenvalue weighted by Crippen LogP contribution is -2.38. The summed E-state index contributed by atoms with van der Waals surface area (Å²) in [6.07, 6.45) is -3.30. The van der Waals surface area contributed by atoms with Crippen LogP contribution in [0.15, 0.2) is 29.3 Å². The molecular formula is C18H29F3IN3O2. The molecule has 0 saturated carbocycles. The number of nitrogens with one attached hydrogen (secondary N) is 2. The van der Waals surface area contributed by atoms with E-state index in [0.717, 1.165) is 18.6 Å². The van der Waals surface area contributed by atoms with Gasteiger partial charge in [0.25, 0.3) is 0 Å². The molecule has 0 aliphatic carbocycles. The average molecular weight is 503 g/mol. The first-order valence-corrected chi connectivity index (χ1v) is 8.61. The zero-order valence-electron chi connectivity index (χ0n) is 15.9. The van der Waals surface area contributed by atoms with Crippen LogP contribution < -0.4 is 15.4 Å². The quantitative estimate of drug-likeness (QED) is 0.220. The average Bonchev–Trinajstić information content (AvgIpc) is 2.58. The molecule has 1 rings (SSSR count). The number of guanidine groups is 1. The van der Waals surface area contributed by atoms with Gasteiger partial charge in [-0.15, -0.1) is 24.0 Å². The molecule has 0 saturated heterocycles. The Kier molecular flexibility index (Phi) is 13.2. The van der Waals surface area contributed by atoms with Gasteiger partial charge in [-0.3, -0.25) is 4.99 Å². The van der Waals surface area contributed by atoms with Crippen molar-refractivity contribution in [2.24, 2.45) is 10.9 Å². The van der Waals surface area contributed by atoms with Crippen LogP contribution in [-0.4, -0.2) is 45.5 Å². The predicted octanol–water partition coefficient (Wildman–Crippen LogP) is 3.97. The molecule has 0 bridgehead atoms. The third kappa shape index (κ3) is 13.6. The molecule has 9 heteroatoms. The molecule has 0 unspecified atom stereocenters. The summed E-state index contributed by atoms with van der Waals surface area (Å²) in [5.41, 5.74) is 0.903. The van der Waals surface area contributed by atoms with Gasteiger partial charge < -0.3 is 20.1 Å². The Morgan fingerprint density at radius 3 is 2.33 bits per heavy atom. The van der Waals surface area contributed by atoms with Crippen molar-refractivity contribution in [1.29, 1.82) is 0 Å². The summed E-state index contributed by atoms with van der Waals surface area (Å²) in [6, 6.07) is 6.45. The van der Waals surface area contributed by atoms with Gasteiger partial charge in [-0.1, -0.05) is 26.0 Å². The van der Waals surface area contributed by atoms with Gasteiger partial charge in [-0.25, -0.2) is 0 Å². The highest BCUT2D eigenvalue weighted by molar-refractivity contribution is 14.0. The number of ether oxygens (including phenoxy) is 2. The minimum atomic E-state index is -4.34. The summed E-state index contributed by atoms with van der Waals surface area (Å²) in [4.78, 5) is 4.11. The Labute approximate surface area is 176 Å². The van der Waals surface area contributed by atoms with E-state index in [1.54, 1.807) is 19.2 Å². The fraction of sp³-hybridized carbons (Fsp3) is 0.611. The lowest BCUT2D eigenvalue weighted by Gasteiger charge is -2.13. The lowest BCUT2D eigenvalue weighted by atomic mass is 10.1. The van der Waals surface area contributed by atoms with Crippen molar-refractivity contribution < 1.29 is 22.6 Å². The van der Waals surface area contributed by atoms with Crippen LogP contribution >= 0.6 is 24.0 Å². The molecule has 1 aromatic carbocycles. The van der Waals surface area contributed by atoms with Crippen LogP contribution in [0.25, 0.3) is 0 Å². The maximum absolute atomic E-state index is 12.1. The Bertz CT molecular complexity index is 538. The first-order chi connectivity index (χ1) is 12.3. The first-order valence-electron chi connectivity index (χ1n) is 8.61. The van der Waals surface area contributed by atoms with Gasteiger partial charge in [-0.2, -0.15) is 13.2 Å². The number of hydrogen-bond donors (Lipinski definition) is 2. The number of benzene rings is 1. The topological polar surface area (TPSA) is 54.9 Å². The van der Waals surface area contributed by atoms with Crippen LogP contribution in [0.2, 0.25) is 0 Å². The minimum absolute atomic E-state index is 0. The molecule has 0 radical (unpaired) electrons. The van der Waals surface area contributed by atoms with Gasteiger partial charge in [0.2, 0.25) is 0 Å². The molecule has 0 amide bonds. The molecular weight excluding hydrogens is 474 g/mol. The van der Waals surface area contributed by atoms with Crippen molar-refractivity contribution in [2.45, 2.75) is 33.0 Å². The summed E-state index contributed by atoms with van der Waals surface area (Å²) in [5.74, 6) is 1.45. The number of halogens is 4. The zero-order valence-corrected chi connectivity index (χ0v) is 18.3. The van der Waals surface area contributed by atoms with Crippen molar-refractivity contribution in [2.75, 3.05) is 33.4 Å². The van der Waals surface area contributed by atoms with Gasteiger partial charge in [0.1, 0.15) is 5.75 Å². The largest absolute Gasteiger partial charge is 0.484 e. The molecule has 1 aromatic rings. The van der Waals surface area contributed by atoms with Crippen LogP contribution in [0.5, 0.6) is 5.75 Å². The van der Waals surface area contributed by atoms with Crippen molar-refractivity contribution in [3.63, 3.8) is 0 Å². The fourth-order valence-corrected chi connectivity index (χ4v) is 1.94. The highest BCUT2D eigenvalue weighted by atomic mass is 127. The monoisotopic (exact) mass is 503 g/mol. The summed E-state index contributed by atoms with van der Waals surface area (Å²) >= 11 is 0. The third-order valence-corrected chi connectivity index (χ3v) is 3.39. The van der Waals surface area contributed by atoms with E-state index in [4.69, 9.17) is 4.74 Å². The van der Waals surface area contributed by atoms with Crippen molar-refractivity contribution in [3.05, 3.63) is 29.8 Å². The molecule has 0 atom stereocenters. The number of hydrogen-bond acceptors (Lipinski definition) is 3. The maximum atomic E-state index is 12.1. The second-order valence-electron chi connectivity index (χ2n) is 6.20. The van der Waals surface area contributed by atoms with Crippen molar-refractivity contribution in [3.8, 4) is 5.75 Å². The molecule has 5 nitrogen and oxygen atoms in total. The van der Waals surface area contributed by atoms with E-state index in [0.29, 0.717) is 31.6 Å². The lowest BCUT2D eigenvalue weighted by molar-refractivity contribution is -0.153. The van der Waals surface area contributed by atoms with Crippen molar-refractivity contribution >= 4 is 29.9 Å². The van der Waals surface area contributed by atoms with Gasteiger partial charge in [0.05, 0.1) is 6.61 Å². The number of nitrogens with zero attached hydrogens (tertiary/aromatic N) is 1. The SMILES string of the molecule is CN=C(NCCOCCC(C)C)NCc1ccc(OCC(F)(F)F)cc1.I. The second-order valence-corrected chi connectivity index (χ2v) is 6.20. The standard InChI is InChI=1S/C18H28F3N3O2.HI/c1-14(2)8-10-25-11-9-23-17(22-3)24-12-15-4-6-16(7-5-15)26-13-18(19,20)21;/h4-7,14H,8-13H2,1-3H3,(H2,22,23,24);1H. The van der Waals surface area contributed by atoms with E-state index >= 15 is 0 Å². The summed E-state index contributed by atoms with van der Waals surface area (Å²) in [5, 5.41) is 6.27. The Balaban J connectivity index is 0.00000676. The smallest absolute Gasteiger partial charge is 0.422 e. The Morgan fingerprint density at radius 1 is 1.11 bits per heavy atom. The van der Waals surface area contributed by atoms with Gasteiger partial charge in [0, 0.05) is 26.7 Å². The fourth-order valence-electron chi connectivity index (χ4n) is 1.94. The van der Waals surface area contributed by atoms with Crippen LogP contribution in [0.1, 0.15) is 25.8 Å². The molecule has 27 heavy (non-hydrogen) atoms. The molecule has 0 spiro atoms. The Hall–Kier alpha value is -1.23. The van der Waals surface area contributed by atoms with E-state index in [1.165, 1.54) is 12.1 Å². The van der Waals surface area contributed by atoms with Crippen LogP contribution in [0.4, 0.5) is 13.2 Å². The normalized spacial score (nSPS) is 11.9. The molecule has 2 N–H and O–H groups in total. The summed E-state index contributed by atoms with van der Waals surface area (Å²) < 4.78 is 46.5. The van der Waals surface area contributed by atoms with E-state index in [9.17, 15) is 13.2 Å². The van der Waals surface area contributed by atoms with Crippen LogP contribution in [0.3, 0.4) is 0 Å². The van der Waals surface area contributed by atoms with Gasteiger partial charge in [-0.05, 0) is 30.0 Å². The highest BCUT2D eigenvalue weighted by Gasteiger charge is 2.28.